The summed E-state index contributed by atoms with van der Waals surface area (Å²) in [6.45, 7) is -0.0104. The molecule has 1 N–H and O–H groups in total. The Morgan fingerprint density at radius 1 is 0.939 bits per heavy atom. The summed E-state index contributed by atoms with van der Waals surface area (Å²) in [6.07, 6.45) is -8.64. The zero-order valence-electron chi connectivity index (χ0n) is 16.9. The second-order valence-electron chi connectivity index (χ2n) is 8.00. The summed E-state index contributed by atoms with van der Waals surface area (Å²) in [5, 5.41) is 6.18. The van der Waals surface area contributed by atoms with E-state index in [1.807, 2.05) is 0 Å². The Morgan fingerprint density at radius 3 is 2.12 bits per heavy atom. The summed E-state index contributed by atoms with van der Waals surface area (Å²) in [6, 6.07) is 6.57. The molecule has 33 heavy (non-hydrogen) atoms. The largest absolute Gasteiger partial charge is 0.435 e. The van der Waals surface area contributed by atoms with Crippen molar-refractivity contribution in [2.24, 2.45) is 0 Å². The average Bonchev–Trinajstić information content (AvgIpc) is 3.18. The Morgan fingerprint density at radius 2 is 1.55 bits per heavy atom. The normalized spacial score (nSPS) is 16.9. The number of halogens is 7. The summed E-state index contributed by atoms with van der Waals surface area (Å²) in [4.78, 5) is 15.1. The van der Waals surface area contributed by atoms with Gasteiger partial charge in [-0.25, -0.2) is 9.37 Å². The van der Waals surface area contributed by atoms with Crippen LogP contribution in [0.2, 0.25) is 0 Å². The summed E-state index contributed by atoms with van der Waals surface area (Å²) >= 11 is 0. The highest BCUT2D eigenvalue weighted by molar-refractivity contribution is 5.79. The van der Waals surface area contributed by atoms with Gasteiger partial charge in [0.25, 0.3) is 0 Å². The number of ketones is 1. The standard InChI is InChI=1S/C21H17F7N4O/c22-13-3-1-12(2-4-13)19(7-5-14(33)6-8-19)11-29-17-9-15(20(23,24)25)30-18-10-16(21(26,27)28)31-32(17)18/h1-4,9-10,29H,5-8,11H2. The van der Waals surface area contributed by atoms with E-state index in [4.69, 9.17) is 0 Å². The second kappa shape index (κ2) is 7.99. The van der Waals surface area contributed by atoms with Crippen molar-refractivity contribution < 1.29 is 35.5 Å². The second-order valence-corrected chi connectivity index (χ2v) is 8.00. The molecule has 1 saturated carbocycles. The molecular weight excluding hydrogens is 457 g/mol. The van der Waals surface area contributed by atoms with E-state index in [0.29, 0.717) is 35.1 Å². The van der Waals surface area contributed by atoms with Gasteiger partial charge in [-0.3, -0.25) is 4.79 Å². The molecule has 0 unspecified atom stereocenters. The third-order valence-corrected chi connectivity index (χ3v) is 5.84. The van der Waals surface area contributed by atoms with Gasteiger partial charge in [0.05, 0.1) is 0 Å². The van der Waals surface area contributed by atoms with E-state index >= 15 is 0 Å². The molecule has 5 nitrogen and oxygen atoms in total. The number of carbonyl (C=O) groups is 1. The molecule has 0 bridgehead atoms. The van der Waals surface area contributed by atoms with Gasteiger partial charge in [-0.15, -0.1) is 0 Å². The molecule has 0 amide bonds. The molecule has 3 aromatic rings. The highest BCUT2D eigenvalue weighted by Crippen LogP contribution is 2.39. The van der Waals surface area contributed by atoms with Crippen molar-refractivity contribution in [3.05, 3.63) is 59.2 Å². The lowest BCUT2D eigenvalue weighted by Crippen LogP contribution is -2.39. The summed E-state index contributed by atoms with van der Waals surface area (Å²) < 4.78 is 93.5. The molecule has 2 heterocycles. The lowest BCUT2D eigenvalue weighted by Gasteiger charge is -2.38. The lowest BCUT2D eigenvalue weighted by molar-refractivity contribution is -0.142. The monoisotopic (exact) mass is 474 g/mol. The topological polar surface area (TPSA) is 59.3 Å². The number of aromatic nitrogens is 3. The van der Waals surface area contributed by atoms with Crippen LogP contribution in [0, 0.1) is 5.82 Å². The van der Waals surface area contributed by atoms with Crippen LogP contribution in [0.25, 0.3) is 5.65 Å². The van der Waals surface area contributed by atoms with Gasteiger partial charge in [-0.2, -0.15) is 36.0 Å². The average molecular weight is 474 g/mol. The first-order valence-corrected chi connectivity index (χ1v) is 9.94. The zero-order valence-corrected chi connectivity index (χ0v) is 16.9. The van der Waals surface area contributed by atoms with Gasteiger partial charge in [-0.05, 0) is 30.5 Å². The van der Waals surface area contributed by atoms with Crippen molar-refractivity contribution in [3.63, 3.8) is 0 Å². The van der Waals surface area contributed by atoms with Gasteiger partial charge in [0.1, 0.15) is 17.4 Å². The molecule has 1 aliphatic carbocycles. The summed E-state index contributed by atoms with van der Waals surface area (Å²) in [7, 11) is 0. The highest BCUT2D eigenvalue weighted by Gasteiger charge is 2.39. The van der Waals surface area contributed by atoms with E-state index in [0.717, 1.165) is 0 Å². The van der Waals surface area contributed by atoms with Crippen molar-refractivity contribution >= 4 is 17.2 Å². The Balaban J connectivity index is 1.75. The number of alkyl halides is 6. The molecule has 0 spiro atoms. The van der Waals surface area contributed by atoms with Crippen molar-refractivity contribution in [3.8, 4) is 0 Å². The molecule has 2 aromatic heterocycles. The Labute approximate surface area is 182 Å². The zero-order chi connectivity index (χ0) is 24.0. The molecule has 0 radical (unpaired) electrons. The first-order chi connectivity index (χ1) is 15.4. The molecular formula is C21H17F7N4O. The van der Waals surface area contributed by atoms with Crippen molar-refractivity contribution in [2.45, 2.75) is 43.5 Å². The number of nitrogens with zero attached hydrogens (tertiary/aromatic N) is 3. The van der Waals surface area contributed by atoms with Gasteiger partial charge in [0, 0.05) is 36.9 Å². The number of fused-ring (bicyclic) bond motifs is 1. The highest BCUT2D eigenvalue weighted by atomic mass is 19.4. The third-order valence-electron chi connectivity index (χ3n) is 5.84. The fraction of sp³-hybridized carbons (Fsp3) is 0.381. The van der Waals surface area contributed by atoms with E-state index < -0.39 is 40.6 Å². The predicted octanol–water partition coefficient (Wildman–Crippen LogP) is 5.40. The van der Waals surface area contributed by atoms with Crippen LogP contribution in [0.15, 0.2) is 36.4 Å². The number of rotatable bonds is 4. The summed E-state index contributed by atoms with van der Waals surface area (Å²) in [5.74, 6) is -0.780. The minimum atomic E-state index is -4.90. The molecule has 0 atom stereocenters. The smallest absolute Gasteiger partial charge is 0.369 e. The Kier molecular flexibility index (Phi) is 5.57. The minimum Gasteiger partial charge on any atom is -0.369 e. The fourth-order valence-corrected chi connectivity index (χ4v) is 4.02. The SMILES string of the molecule is O=C1CCC(CNc2cc(C(F)(F)F)nc3cc(C(F)(F)F)nn23)(c2ccc(F)cc2)CC1. The van der Waals surface area contributed by atoms with Crippen LogP contribution in [-0.2, 0) is 22.6 Å². The quantitative estimate of drug-likeness (QED) is 0.515. The number of carbonyl (C=O) groups excluding carboxylic acids is 1. The van der Waals surface area contributed by atoms with E-state index in [-0.39, 0.29) is 31.0 Å². The van der Waals surface area contributed by atoms with Gasteiger partial charge in [-0.1, -0.05) is 12.1 Å². The Bertz CT molecular complexity index is 1170. The number of hydrogen-bond donors (Lipinski definition) is 1. The van der Waals surface area contributed by atoms with Crippen LogP contribution >= 0.6 is 0 Å². The maximum Gasteiger partial charge on any atom is 0.435 e. The first kappa shape index (κ1) is 23.0. The van der Waals surface area contributed by atoms with Crippen LogP contribution in [0.1, 0.15) is 42.6 Å². The van der Waals surface area contributed by atoms with E-state index in [9.17, 15) is 35.5 Å². The van der Waals surface area contributed by atoms with Gasteiger partial charge >= 0.3 is 12.4 Å². The van der Waals surface area contributed by atoms with Crippen LogP contribution in [-0.4, -0.2) is 26.9 Å². The van der Waals surface area contributed by atoms with Gasteiger partial charge < -0.3 is 5.32 Å². The number of hydrogen-bond acceptors (Lipinski definition) is 4. The number of Topliss-reactive ketones (excluding diaryl/α,β-unsaturated/α-hetero) is 1. The van der Waals surface area contributed by atoms with Crippen molar-refractivity contribution in [2.75, 3.05) is 11.9 Å². The predicted molar refractivity (Wildman–Crippen MR) is 103 cm³/mol. The van der Waals surface area contributed by atoms with Crippen LogP contribution in [0.5, 0.6) is 0 Å². The van der Waals surface area contributed by atoms with Crippen LogP contribution in [0.4, 0.5) is 36.6 Å². The van der Waals surface area contributed by atoms with Gasteiger partial charge in [0.15, 0.2) is 17.0 Å². The van der Waals surface area contributed by atoms with Crippen LogP contribution < -0.4 is 5.32 Å². The van der Waals surface area contributed by atoms with E-state index in [1.54, 1.807) is 0 Å². The van der Waals surface area contributed by atoms with E-state index in [2.05, 4.69) is 15.4 Å². The van der Waals surface area contributed by atoms with Crippen molar-refractivity contribution in [1.82, 2.24) is 14.6 Å². The van der Waals surface area contributed by atoms with Gasteiger partial charge in [0.2, 0.25) is 0 Å². The molecule has 1 aliphatic rings. The molecule has 1 fully saturated rings. The maximum absolute atomic E-state index is 13.4. The molecule has 1 aromatic carbocycles. The summed E-state index contributed by atoms with van der Waals surface area (Å²) in [5.41, 5.74) is -3.44. The molecule has 0 saturated heterocycles. The van der Waals surface area contributed by atoms with Crippen LogP contribution in [0.3, 0.4) is 0 Å². The van der Waals surface area contributed by atoms with E-state index in [1.165, 1.54) is 24.3 Å². The molecule has 176 valence electrons. The minimum absolute atomic E-state index is 0.0104. The molecule has 0 aliphatic heterocycles. The fourth-order valence-electron chi connectivity index (χ4n) is 4.02. The maximum atomic E-state index is 13.4. The number of benzene rings is 1. The Hall–Kier alpha value is -3.18. The lowest BCUT2D eigenvalue weighted by atomic mass is 9.69. The number of anilines is 1. The third kappa shape index (κ3) is 4.64. The first-order valence-electron chi connectivity index (χ1n) is 9.94. The number of nitrogens with one attached hydrogen (secondary N) is 1. The molecule has 4 rings (SSSR count). The van der Waals surface area contributed by atoms with Crippen molar-refractivity contribution in [1.29, 1.82) is 0 Å². The molecule has 12 heteroatoms.